The summed E-state index contributed by atoms with van der Waals surface area (Å²) in [7, 11) is 0. The number of carbonyl (C=O) groups excluding carboxylic acids is 3. The number of nitrogens with two attached hydrogens (primary N) is 3. The molecule has 12 N–H and O–H groups in total. The van der Waals surface area contributed by atoms with Gasteiger partial charge in [-0.1, -0.05) is 13.8 Å². The number of guanidine groups is 1. The van der Waals surface area contributed by atoms with Crippen LogP contribution in [0.15, 0.2) is 4.99 Å². The Morgan fingerprint density at radius 3 is 1.85 bits per heavy atom. The Kier molecular flexibility index (Phi) is 13.0. The number of amides is 3. The summed E-state index contributed by atoms with van der Waals surface area (Å²) in [6, 6.07) is -5.53. The standard InChI is InChI=1S/C18H33N7O8/c1-8(2)13(19)16(31)23-9(4-3-5-22-18(20)21)14(29)24-10(6-12(27)28)15(30)25-11(7-26)17(32)33/h8-11,13,26H,3-7,19H2,1-2H3,(H,23,31)(H,24,29)(H,25,30)(H,27,28)(H,32,33)(H4,20,21,22). The van der Waals surface area contributed by atoms with E-state index in [9.17, 15) is 24.0 Å². The summed E-state index contributed by atoms with van der Waals surface area (Å²) in [4.78, 5) is 63.4. The van der Waals surface area contributed by atoms with E-state index in [0.717, 1.165) is 0 Å². The molecule has 0 aromatic heterocycles. The predicted molar refractivity (Wildman–Crippen MR) is 115 cm³/mol. The Bertz CT molecular complexity index is 739. The summed E-state index contributed by atoms with van der Waals surface area (Å²) in [5, 5.41) is 33.6. The van der Waals surface area contributed by atoms with Gasteiger partial charge in [0.25, 0.3) is 0 Å². The number of aliphatic imine (C=N–C) groups is 1. The van der Waals surface area contributed by atoms with Crippen molar-refractivity contribution in [2.75, 3.05) is 13.2 Å². The smallest absolute Gasteiger partial charge is 0.328 e. The highest BCUT2D eigenvalue weighted by molar-refractivity contribution is 5.95. The maximum atomic E-state index is 12.8. The quantitative estimate of drug-likeness (QED) is 0.0625. The van der Waals surface area contributed by atoms with Gasteiger partial charge in [0.15, 0.2) is 5.96 Å². The van der Waals surface area contributed by atoms with Crippen molar-refractivity contribution < 1.29 is 39.3 Å². The number of hydrogen-bond donors (Lipinski definition) is 9. The first kappa shape index (κ1) is 29.5. The Balaban J connectivity index is 5.54. The molecule has 0 saturated heterocycles. The molecule has 0 heterocycles. The van der Waals surface area contributed by atoms with E-state index >= 15 is 0 Å². The lowest BCUT2D eigenvalue weighted by Gasteiger charge is -2.25. The highest BCUT2D eigenvalue weighted by atomic mass is 16.4. The van der Waals surface area contributed by atoms with Gasteiger partial charge in [0.1, 0.15) is 18.1 Å². The minimum absolute atomic E-state index is 0.0228. The van der Waals surface area contributed by atoms with Crippen molar-refractivity contribution in [2.45, 2.75) is 57.3 Å². The SMILES string of the molecule is CC(C)C(N)C(=O)NC(CCCN=C(N)N)C(=O)NC(CC(=O)O)C(=O)NC(CO)C(=O)O. The summed E-state index contributed by atoms with van der Waals surface area (Å²) in [5.74, 6) is -6.11. The average Bonchev–Trinajstić information content (AvgIpc) is 2.71. The normalized spacial score (nSPS) is 14.3. The fraction of sp³-hybridized carbons (Fsp3) is 0.667. The van der Waals surface area contributed by atoms with Crippen LogP contribution in [0.3, 0.4) is 0 Å². The monoisotopic (exact) mass is 475 g/mol. The van der Waals surface area contributed by atoms with Crippen LogP contribution >= 0.6 is 0 Å². The number of carboxylic acids is 2. The van der Waals surface area contributed by atoms with Crippen LogP contribution in [0, 0.1) is 5.92 Å². The van der Waals surface area contributed by atoms with Crippen LogP contribution in [0.4, 0.5) is 0 Å². The fourth-order valence-corrected chi connectivity index (χ4v) is 2.46. The van der Waals surface area contributed by atoms with Gasteiger partial charge in [-0.25, -0.2) is 4.79 Å². The molecule has 0 rings (SSSR count). The largest absolute Gasteiger partial charge is 0.481 e. The molecule has 0 aromatic rings. The van der Waals surface area contributed by atoms with Crippen molar-refractivity contribution in [3.8, 4) is 0 Å². The maximum absolute atomic E-state index is 12.8. The summed E-state index contributed by atoms with van der Waals surface area (Å²) in [6.07, 6.45) is -0.612. The minimum atomic E-state index is -1.70. The summed E-state index contributed by atoms with van der Waals surface area (Å²) < 4.78 is 0. The molecule has 4 unspecified atom stereocenters. The third-order valence-corrected chi connectivity index (χ3v) is 4.41. The Hall–Kier alpha value is -3.46. The van der Waals surface area contributed by atoms with Gasteiger partial charge in [0.2, 0.25) is 17.7 Å². The van der Waals surface area contributed by atoms with Gasteiger partial charge >= 0.3 is 11.9 Å². The second-order valence-corrected chi connectivity index (χ2v) is 7.52. The number of nitrogens with one attached hydrogen (secondary N) is 3. The third-order valence-electron chi connectivity index (χ3n) is 4.41. The van der Waals surface area contributed by atoms with Gasteiger partial charge in [-0.2, -0.15) is 0 Å². The van der Waals surface area contributed by atoms with Crippen LogP contribution in [0.5, 0.6) is 0 Å². The molecule has 0 spiro atoms. The highest BCUT2D eigenvalue weighted by Crippen LogP contribution is 2.05. The zero-order valence-electron chi connectivity index (χ0n) is 18.5. The Morgan fingerprint density at radius 1 is 0.879 bits per heavy atom. The van der Waals surface area contributed by atoms with E-state index in [1.807, 2.05) is 5.32 Å². The molecule has 0 bridgehead atoms. The molecule has 15 nitrogen and oxygen atoms in total. The molecule has 0 aliphatic carbocycles. The topological polar surface area (TPSA) is 273 Å². The number of hydrogen-bond acceptors (Lipinski definition) is 8. The van der Waals surface area contributed by atoms with Crippen molar-refractivity contribution in [1.29, 1.82) is 0 Å². The molecule has 0 aliphatic rings. The Morgan fingerprint density at radius 2 is 1.39 bits per heavy atom. The van der Waals surface area contributed by atoms with E-state index in [4.69, 9.17) is 32.5 Å². The van der Waals surface area contributed by atoms with Crippen LogP contribution in [-0.4, -0.2) is 88.3 Å². The summed E-state index contributed by atoms with van der Waals surface area (Å²) in [6.45, 7) is 2.58. The molecule has 3 amide bonds. The summed E-state index contributed by atoms with van der Waals surface area (Å²) >= 11 is 0. The number of carbonyl (C=O) groups is 5. The van der Waals surface area contributed by atoms with Crippen LogP contribution in [0.2, 0.25) is 0 Å². The molecule has 0 radical (unpaired) electrons. The van der Waals surface area contributed by atoms with Gasteiger partial charge in [-0.3, -0.25) is 24.2 Å². The number of rotatable bonds is 15. The van der Waals surface area contributed by atoms with Crippen molar-refractivity contribution in [1.82, 2.24) is 16.0 Å². The van der Waals surface area contributed by atoms with Crippen LogP contribution in [0.25, 0.3) is 0 Å². The Labute approximate surface area is 190 Å². The van der Waals surface area contributed by atoms with Crippen LogP contribution in [0.1, 0.15) is 33.1 Å². The lowest BCUT2D eigenvalue weighted by molar-refractivity contribution is -0.144. The summed E-state index contributed by atoms with van der Waals surface area (Å²) in [5.41, 5.74) is 16.3. The van der Waals surface area contributed by atoms with E-state index in [-0.39, 0.29) is 31.3 Å². The van der Waals surface area contributed by atoms with E-state index in [2.05, 4.69) is 15.6 Å². The number of nitrogens with zero attached hydrogens (tertiary/aromatic N) is 1. The first-order valence-electron chi connectivity index (χ1n) is 10.1. The first-order chi connectivity index (χ1) is 15.3. The van der Waals surface area contributed by atoms with Crippen molar-refractivity contribution >= 4 is 35.6 Å². The zero-order chi connectivity index (χ0) is 25.7. The molecule has 0 fully saturated rings. The van der Waals surface area contributed by atoms with Gasteiger partial charge in [0, 0.05) is 6.54 Å². The van der Waals surface area contributed by atoms with Crippen molar-refractivity contribution in [3.63, 3.8) is 0 Å². The van der Waals surface area contributed by atoms with E-state index in [1.165, 1.54) is 0 Å². The molecule has 188 valence electrons. The van der Waals surface area contributed by atoms with Gasteiger partial charge in [0.05, 0.1) is 19.1 Å². The van der Waals surface area contributed by atoms with Gasteiger partial charge in [-0.05, 0) is 18.8 Å². The third kappa shape index (κ3) is 11.6. The first-order valence-corrected chi connectivity index (χ1v) is 10.1. The zero-order valence-corrected chi connectivity index (χ0v) is 18.5. The second kappa shape index (κ2) is 14.6. The van der Waals surface area contributed by atoms with Crippen molar-refractivity contribution in [2.24, 2.45) is 28.1 Å². The average molecular weight is 476 g/mol. The van der Waals surface area contributed by atoms with Gasteiger partial charge in [-0.15, -0.1) is 0 Å². The molecule has 4 atom stereocenters. The van der Waals surface area contributed by atoms with Crippen molar-refractivity contribution in [3.05, 3.63) is 0 Å². The predicted octanol–water partition coefficient (Wildman–Crippen LogP) is -3.97. The molecular weight excluding hydrogens is 442 g/mol. The lowest BCUT2D eigenvalue weighted by Crippen LogP contribution is -2.58. The van der Waals surface area contributed by atoms with E-state index in [1.54, 1.807) is 13.8 Å². The number of aliphatic carboxylic acids is 2. The second-order valence-electron chi connectivity index (χ2n) is 7.52. The molecule has 0 aromatic carbocycles. The molecule has 0 saturated carbocycles. The molecule has 0 aliphatic heterocycles. The van der Waals surface area contributed by atoms with Crippen LogP contribution < -0.4 is 33.2 Å². The maximum Gasteiger partial charge on any atom is 0.328 e. The van der Waals surface area contributed by atoms with Gasteiger partial charge < -0.3 is 48.5 Å². The number of aliphatic hydroxyl groups is 1. The number of aliphatic hydroxyl groups excluding tert-OH is 1. The molecule has 33 heavy (non-hydrogen) atoms. The van der Waals surface area contributed by atoms with E-state index < -0.39 is 66.9 Å². The number of carboxylic acid groups (broad SMARTS) is 2. The van der Waals surface area contributed by atoms with Crippen LogP contribution in [-0.2, 0) is 24.0 Å². The van der Waals surface area contributed by atoms with E-state index in [0.29, 0.717) is 0 Å². The molecule has 15 heteroatoms. The highest BCUT2D eigenvalue weighted by Gasteiger charge is 2.31. The fourth-order valence-electron chi connectivity index (χ4n) is 2.46. The lowest BCUT2D eigenvalue weighted by atomic mass is 10.0. The minimum Gasteiger partial charge on any atom is -0.481 e. The molecular formula is C18H33N7O8.